The first kappa shape index (κ1) is 16.5. The van der Waals surface area contributed by atoms with Crippen LogP contribution in [0, 0.1) is 0 Å². The zero-order chi connectivity index (χ0) is 16.5. The summed E-state index contributed by atoms with van der Waals surface area (Å²) in [5.41, 5.74) is -1.05. The van der Waals surface area contributed by atoms with Crippen LogP contribution >= 0.6 is 23.2 Å². The van der Waals surface area contributed by atoms with Crippen LogP contribution in [0.5, 0.6) is 5.75 Å². The van der Waals surface area contributed by atoms with E-state index in [2.05, 4.69) is 5.32 Å². The van der Waals surface area contributed by atoms with Gasteiger partial charge < -0.3 is 10.4 Å². The summed E-state index contributed by atoms with van der Waals surface area (Å²) in [4.78, 5) is 12.0. The molecule has 2 aromatic carbocycles. The molecular weight excluding hydrogens is 342 g/mol. The van der Waals surface area contributed by atoms with Crippen molar-refractivity contribution < 1.29 is 23.1 Å². The lowest BCUT2D eigenvalue weighted by molar-refractivity contribution is -0.137. The van der Waals surface area contributed by atoms with Gasteiger partial charge in [0.1, 0.15) is 5.75 Å². The van der Waals surface area contributed by atoms with E-state index in [9.17, 15) is 23.1 Å². The summed E-state index contributed by atoms with van der Waals surface area (Å²) in [5.74, 6) is -1.03. The molecule has 2 aromatic rings. The quantitative estimate of drug-likeness (QED) is 0.803. The Morgan fingerprint density at radius 1 is 1.09 bits per heavy atom. The number of nitrogens with one attached hydrogen (secondary N) is 1. The molecule has 3 nitrogen and oxygen atoms in total. The van der Waals surface area contributed by atoms with Gasteiger partial charge in [0, 0.05) is 10.7 Å². The van der Waals surface area contributed by atoms with Gasteiger partial charge in [0.15, 0.2) is 0 Å². The van der Waals surface area contributed by atoms with Gasteiger partial charge in [0.05, 0.1) is 16.1 Å². The zero-order valence-electron chi connectivity index (χ0n) is 10.7. The number of phenolic OH excluding ortho intramolecular Hbond substituents is 1. The van der Waals surface area contributed by atoms with Crippen molar-refractivity contribution >= 4 is 34.8 Å². The average Bonchev–Trinajstić information content (AvgIpc) is 2.40. The number of rotatable bonds is 2. The minimum absolute atomic E-state index is 0.0578. The van der Waals surface area contributed by atoms with Gasteiger partial charge >= 0.3 is 6.18 Å². The Kier molecular flexibility index (Phi) is 4.53. The molecule has 0 aromatic heterocycles. The molecule has 2 N–H and O–H groups in total. The second kappa shape index (κ2) is 6.06. The molecule has 22 heavy (non-hydrogen) atoms. The van der Waals surface area contributed by atoms with Gasteiger partial charge in [-0.05, 0) is 36.4 Å². The largest absolute Gasteiger partial charge is 0.507 e. The highest BCUT2D eigenvalue weighted by molar-refractivity contribution is 6.32. The van der Waals surface area contributed by atoms with Crippen molar-refractivity contribution in [2.24, 2.45) is 0 Å². The molecule has 0 saturated heterocycles. The van der Waals surface area contributed by atoms with Crippen molar-refractivity contribution in [1.29, 1.82) is 0 Å². The van der Waals surface area contributed by atoms with E-state index in [1.165, 1.54) is 18.2 Å². The monoisotopic (exact) mass is 349 g/mol. The van der Waals surface area contributed by atoms with Crippen molar-refractivity contribution in [3.8, 4) is 5.75 Å². The standard InChI is InChI=1S/C14H8Cl2F3NO2/c15-7-1-4-12(21)9(5-7)13(22)20-8-2-3-10(11(16)6-8)14(17,18)19/h1-6,21H,(H,20,22). The predicted molar refractivity (Wildman–Crippen MR) is 77.5 cm³/mol. The van der Waals surface area contributed by atoms with Crippen LogP contribution in [0.4, 0.5) is 18.9 Å². The molecule has 0 radical (unpaired) electrons. The smallest absolute Gasteiger partial charge is 0.417 e. The Balaban J connectivity index is 2.26. The number of hydrogen-bond donors (Lipinski definition) is 2. The van der Waals surface area contributed by atoms with Gasteiger partial charge in [-0.25, -0.2) is 0 Å². The SMILES string of the molecule is O=C(Nc1ccc(C(F)(F)F)c(Cl)c1)c1cc(Cl)ccc1O. The number of halogens is 5. The Morgan fingerprint density at radius 2 is 1.77 bits per heavy atom. The molecule has 0 aliphatic rings. The lowest BCUT2D eigenvalue weighted by atomic mass is 10.1. The minimum atomic E-state index is -4.58. The van der Waals surface area contributed by atoms with Crippen molar-refractivity contribution in [3.63, 3.8) is 0 Å². The van der Waals surface area contributed by atoms with Gasteiger partial charge in [-0.1, -0.05) is 23.2 Å². The highest BCUT2D eigenvalue weighted by Crippen LogP contribution is 2.36. The first-order valence-corrected chi connectivity index (χ1v) is 6.60. The molecule has 0 fully saturated rings. The normalized spacial score (nSPS) is 11.3. The summed E-state index contributed by atoms with van der Waals surface area (Å²) >= 11 is 11.3. The molecule has 0 heterocycles. The van der Waals surface area contributed by atoms with Crippen LogP contribution in [0.3, 0.4) is 0 Å². The lowest BCUT2D eigenvalue weighted by Crippen LogP contribution is -2.13. The fourth-order valence-electron chi connectivity index (χ4n) is 1.71. The fourth-order valence-corrected chi connectivity index (χ4v) is 2.17. The Bertz CT molecular complexity index is 733. The van der Waals surface area contributed by atoms with Gasteiger partial charge in [0.2, 0.25) is 0 Å². The Hall–Kier alpha value is -1.92. The van der Waals surface area contributed by atoms with Gasteiger partial charge in [-0.15, -0.1) is 0 Å². The zero-order valence-corrected chi connectivity index (χ0v) is 12.2. The lowest BCUT2D eigenvalue weighted by Gasteiger charge is -2.11. The third-order valence-electron chi connectivity index (χ3n) is 2.74. The number of amides is 1. The molecule has 0 spiro atoms. The van der Waals surface area contributed by atoms with Crippen LogP contribution in [0.25, 0.3) is 0 Å². The molecule has 0 atom stereocenters. The van der Waals surface area contributed by atoms with Crippen molar-refractivity contribution in [2.45, 2.75) is 6.18 Å². The Morgan fingerprint density at radius 3 is 2.36 bits per heavy atom. The minimum Gasteiger partial charge on any atom is -0.507 e. The Labute approximate surface area is 133 Å². The van der Waals surface area contributed by atoms with E-state index < -0.39 is 22.7 Å². The van der Waals surface area contributed by atoms with Crippen LogP contribution in [-0.4, -0.2) is 11.0 Å². The summed E-state index contributed by atoms with van der Waals surface area (Å²) in [6, 6.07) is 6.66. The van der Waals surface area contributed by atoms with Crippen LogP contribution in [0.15, 0.2) is 36.4 Å². The van der Waals surface area contributed by atoms with Gasteiger partial charge in [0.25, 0.3) is 5.91 Å². The van der Waals surface area contributed by atoms with E-state index in [0.717, 1.165) is 18.2 Å². The van der Waals surface area contributed by atoms with Crippen LogP contribution in [-0.2, 0) is 6.18 Å². The van der Waals surface area contributed by atoms with Gasteiger partial charge in [-0.3, -0.25) is 4.79 Å². The first-order valence-electron chi connectivity index (χ1n) is 5.85. The molecule has 116 valence electrons. The molecule has 0 unspecified atom stereocenters. The summed E-state index contributed by atoms with van der Waals surface area (Å²) in [7, 11) is 0. The molecule has 2 rings (SSSR count). The molecule has 0 saturated carbocycles. The molecule has 0 bridgehead atoms. The maximum Gasteiger partial charge on any atom is 0.417 e. The second-order valence-electron chi connectivity index (χ2n) is 4.31. The van der Waals surface area contributed by atoms with E-state index >= 15 is 0 Å². The number of aromatic hydroxyl groups is 1. The number of alkyl halides is 3. The maximum absolute atomic E-state index is 12.6. The molecule has 0 aliphatic carbocycles. The number of benzene rings is 2. The van der Waals surface area contributed by atoms with E-state index in [0.29, 0.717) is 0 Å². The van der Waals surface area contributed by atoms with E-state index in [1.54, 1.807) is 0 Å². The van der Waals surface area contributed by atoms with E-state index in [1.807, 2.05) is 0 Å². The van der Waals surface area contributed by atoms with Gasteiger partial charge in [-0.2, -0.15) is 13.2 Å². The van der Waals surface area contributed by atoms with Crippen molar-refractivity contribution in [3.05, 3.63) is 57.6 Å². The first-order chi connectivity index (χ1) is 10.2. The topological polar surface area (TPSA) is 49.3 Å². The van der Waals surface area contributed by atoms with E-state index in [-0.39, 0.29) is 22.0 Å². The third-order valence-corrected chi connectivity index (χ3v) is 3.28. The van der Waals surface area contributed by atoms with Crippen LogP contribution < -0.4 is 5.32 Å². The number of carbonyl (C=O) groups is 1. The third kappa shape index (κ3) is 3.64. The van der Waals surface area contributed by atoms with Crippen LogP contribution in [0.2, 0.25) is 10.0 Å². The highest BCUT2D eigenvalue weighted by Gasteiger charge is 2.33. The average molecular weight is 350 g/mol. The summed E-state index contributed by atoms with van der Waals surface area (Å²) in [5, 5.41) is 11.6. The molecule has 0 aliphatic heterocycles. The summed E-state index contributed by atoms with van der Waals surface area (Å²) in [6.07, 6.45) is -4.58. The van der Waals surface area contributed by atoms with Crippen LogP contribution in [0.1, 0.15) is 15.9 Å². The van der Waals surface area contributed by atoms with Crippen molar-refractivity contribution in [1.82, 2.24) is 0 Å². The second-order valence-corrected chi connectivity index (χ2v) is 5.15. The molecule has 1 amide bonds. The summed E-state index contributed by atoms with van der Waals surface area (Å²) < 4.78 is 37.8. The number of phenols is 1. The summed E-state index contributed by atoms with van der Waals surface area (Å²) in [6.45, 7) is 0. The number of hydrogen-bond acceptors (Lipinski definition) is 2. The highest BCUT2D eigenvalue weighted by atomic mass is 35.5. The number of anilines is 1. The molecule has 8 heteroatoms. The van der Waals surface area contributed by atoms with Crippen molar-refractivity contribution in [2.75, 3.05) is 5.32 Å². The molecular formula is C14H8Cl2F3NO2. The van der Waals surface area contributed by atoms with E-state index in [4.69, 9.17) is 23.2 Å². The fraction of sp³-hybridized carbons (Fsp3) is 0.0714. The predicted octanol–water partition coefficient (Wildman–Crippen LogP) is 4.97. The number of carbonyl (C=O) groups excluding carboxylic acids is 1. The maximum atomic E-state index is 12.6.